The number of hydrogen-bond acceptors (Lipinski definition) is 2. The molecule has 0 aromatic heterocycles. The lowest BCUT2D eigenvalue weighted by atomic mass is 10.0. The molecule has 16 heavy (non-hydrogen) atoms. The van der Waals surface area contributed by atoms with Gasteiger partial charge in [-0.05, 0) is 18.1 Å². The summed E-state index contributed by atoms with van der Waals surface area (Å²) in [6, 6.07) is 4.74. The zero-order chi connectivity index (χ0) is 12.0. The molecule has 1 rings (SSSR count). The van der Waals surface area contributed by atoms with Gasteiger partial charge in [0.1, 0.15) is 5.82 Å². The van der Waals surface area contributed by atoms with E-state index in [0.29, 0.717) is 0 Å². The molecule has 0 spiro atoms. The summed E-state index contributed by atoms with van der Waals surface area (Å²) in [5.74, 6) is 5.08. The highest BCUT2D eigenvalue weighted by Crippen LogP contribution is 2.28. The Kier molecular flexibility index (Phi) is 5.74. The normalized spacial score (nSPS) is 12.8. The van der Waals surface area contributed by atoms with E-state index < -0.39 is 5.82 Å². The molecule has 0 amide bonds. The summed E-state index contributed by atoms with van der Waals surface area (Å²) < 4.78 is 13.3. The molecule has 0 fully saturated rings. The van der Waals surface area contributed by atoms with Gasteiger partial charge in [0.25, 0.3) is 0 Å². The Labute approximate surface area is 101 Å². The Hall–Kier alpha value is -0.640. The minimum absolute atomic E-state index is 0.0743. The van der Waals surface area contributed by atoms with Crippen molar-refractivity contribution in [2.24, 2.45) is 5.84 Å². The van der Waals surface area contributed by atoms with E-state index in [1.54, 1.807) is 6.07 Å². The zero-order valence-corrected chi connectivity index (χ0v) is 10.2. The predicted molar refractivity (Wildman–Crippen MR) is 65.6 cm³/mol. The molecular formula is C12H18ClFN2. The Balaban J connectivity index is 2.74. The van der Waals surface area contributed by atoms with Crippen molar-refractivity contribution < 1.29 is 4.39 Å². The van der Waals surface area contributed by atoms with Crippen molar-refractivity contribution in [1.29, 1.82) is 0 Å². The third-order valence-corrected chi connectivity index (χ3v) is 3.05. The van der Waals surface area contributed by atoms with Gasteiger partial charge in [0.05, 0.1) is 5.02 Å². The maximum atomic E-state index is 13.3. The van der Waals surface area contributed by atoms with E-state index in [9.17, 15) is 4.39 Å². The number of halogens is 2. The lowest BCUT2D eigenvalue weighted by molar-refractivity contribution is 0.484. The van der Waals surface area contributed by atoms with Crippen LogP contribution in [0.2, 0.25) is 5.02 Å². The molecule has 1 atom stereocenters. The largest absolute Gasteiger partial charge is 0.271 e. The fourth-order valence-electron chi connectivity index (χ4n) is 1.72. The number of nitrogens with one attached hydrogen (secondary N) is 1. The summed E-state index contributed by atoms with van der Waals surface area (Å²) in [5, 5.41) is 0.168. The predicted octanol–water partition coefficient (Wildman–Crippen LogP) is 3.56. The summed E-state index contributed by atoms with van der Waals surface area (Å²) in [6.45, 7) is 2.14. The highest BCUT2D eigenvalue weighted by atomic mass is 35.5. The third kappa shape index (κ3) is 3.44. The van der Waals surface area contributed by atoms with Gasteiger partial charge in [-0.25, -0.2) is 4.39 Å². The molecule has 0 bridgehead atoms. The molecule has 0 saturated carbocycles. The van der Waals surface area contributed by atoms with Gasteiger partial charge in [0.15, 0.2) is 0 Å². The standard InChI is InChI=1S/C12H18ClFN2/c1-2-3-4-8-11(16-15)9-6-5-7-10(14)12(9)13/h5-7,11,16H,2-4,8,15H2,1H3. The van der Waals surface area contributed by atoms with E-state index in [-0.39, 0.29) is 11.1 Å². The minimum Gasteiger partial charge on any atom is -0.271 e. The number of unbranched alkanes of at least 4 members (excludes halogenated alkanes) is 2. The summed E-state index contributed by atoms with van der Waals surface area (Å²) in [7, 11) is 0. The Morgan fingerprint density at radius 2 is 2.19 bits per heavy atom. The van der Waals surface area contributed by atoms with Crippen molar-refractivity contribution >= 4 is 11.6 Å². The van der Waals surface area contributed by atoms with Crippen LogP contribution in [0.1, 0.15) is 44.2 Å². The maximum absolute atomic E-state index is 13.3. The molecule has 3 N–H and O–H groups in total. The van der Waals surface area contributed by atoms with Gasteiger partial charge < -0.3 is 0 Å². The molecule has 1 aromatic carbocycles. The second-order valence-electron chi connectivity index (χ2n) is 3.86. The van der Waals surface area contributed by atoms with Gasteiger partial charge in [-0.2, -0.15) is 0 Å². The van der Waals surface area contributed by atoms with Crippen LogP contribution >= 0.6 is 11.6 Å². The van der Waals surface area contributed by atoms with Crippen LogP contribution in [0.25, 0.3) is 0 Å². The molecule has 4 heteroatoms. The number of benzene rings is 1. The number of hydrogen-bond donors (Lipinski definition) is 2. The third-order valence-electron chi connectivity index (χ3n) is 2.65. The Morgan fingerprint density at radius 1 is 1.44 bits per heavy atom. The van der Waals surface area contributed by atoms with Crippen molar-refractivity contribution in [2.75, 3.05) is 0 Å². The first-order chi connectivity index (χ1) is 7.70. The first-order valence-corrected chi connectivity index (χ1v) is 5.98. The van der Waals surface area contributed by atoms with Crippen LogP contribution in [-0.2, 0) is 0 Å². The lowest BCUT2D eigenvalue weighted by Crippen LogP contribution is -2.28. The van der Waals surface area contributed by atoms with Gasteiger partial charge >= 0.3 is 0 Å². The topological polar surface area (TPSA) is 38.0 Å². The fourth-order valence-corrected chi connectivity index (χ4v) is 1.97. The van der Waals surface area contributed by atoms with E-state index in [4.69, 9.17) is 17.4 Å². The number of rotatable bonds is 6. The second kappa shape index (κ2) is 6.84. The highest BCUT2D eigenvalue weighted by molar-refractivity contribution is 6.31. The minimum atomic E-state index is -0.394. The van der Waals surface area contributed by atoms with Crippen molar-refractivity contribution in [2.45, 2.75) is 38.6 Å². The van der Waals surface area contributed by atoms with Crippen molar-refractivity contribution in [1.82, 2.24) is 5.43 Å². The van der Waals surface area contributed by atoms with Gasteiger partial charge in [-0.1, -0.05) is 49.9 Å². The SMILES string of the molecule is CCCCCC(NN)c1cccc(F)c1Cl. The summed E-state index contributed by atoms with van der Waals surface area (Å²) in [4.78, 5) is 0. The van der Waals surface area contributed by atoms with Crippen LogP contribution < -0.4 is 11.3 Å². The molecule has 0 aliphatic rings. The first-order valence-electron chi connectivity index (χ1n) is 5.60. The lowest BCUT2D eigenvalue weighted by Gasteiger charge is -2.17. The monoisotopic (exact) mass is 244 g/mol. The van der Waals surface area contributed by atoms with Crippen LogP contribution in [0, 0.1) is 5.82 Å². The Morgan fingerprint density at radius 3 is 2.81 bits per heavy atom. The van der Waals surface area contributed by atoms with Crippen LogP contribution in [0.3, 0.4) is 0 Å². The average Bonchev–Trinajstić information content (AvgIpc) is 2.29. The molecule has 0 aliphatic heterocycles. The van der Waals surface area contributed by atoms with E-state index in [1.807, 2.05) is 6.07 Å². The van der Waals surface area contributed by atoms with Crippen LogP contribution in [0.15, 0.2) is 18.2 Å². The fraction of sp³-hybridized carbons (Fsp3) is 0.500. The number of nitrogens with two attached hydrogens (primary N) is 1. The van der Waals surface area contributed by atoms with Gasteiger partial charge in [0.2, 0.25) is 0 Å². The summed E-state index contributed by atoms with van der Waals surface area (Å²) >= 11 is 5.91. The maximum Gasteiger partial charge on any atom is 0.142 e. The zero-order valence-electron chi connectivity index (χ0n) is 9.47. The van der Waals surface area contributed by atoms with Crippen molar-refractivity contribution in [3.8, 4) is 0 Å². The van der Waals surface area contributed by atoms with E-state index in [1.165, 1.54) is 6.07 Å². The van der Waals surface area contributed by atoms with Crippen LogP contribution in [0.4, 0.5) is 4.39 Å². The molecule has 2 nitrogen and oxygen atoms in total. The van der Waals surface area contributed by atoms with E-state index >= 15 is 0 Å². The average molecular weight is 245 g/mol. The molecule has 90 valence electrons. The molecule has 1 unspecified atom stereocenters. The molecule has 0 saturated heterocycles. The smallest absolute Gasteiger partial charge is 0.142 e. The van der Waals surface area contributed by atoms with Crippen LogP contribution in [0.5, 0.6) is 0 Å². The first kappa shape index (κ1) is 13.4. The highest BCUT2D eigenvalue weighted by Gasteiger charge is 2.14. The molecule has 0 radical (unpaired) electrons. The van der Waals surface area contributed by atoms with Crippen LogP contribution in [-0.4, -0.2) is 0 Å². The van der Waals surface area contributed by atoms with Gasteiger partial charge in [-0.3, -0.25) is 11.3 Å². The van der Waals surface area contributed by atoms with Gasteiger partial charge in [0, 0.05) is 6.04 Å². The van der Waals surface area contributed by atoms with Gasteiger partial charge in [-0.15, -0.1) is 0 Å². The Bertz CT molecular complexity index is 331. The number of hydrazine groups is 1. The van der Waals surface area contributed by atoms with E-state index in [0.717, 1.165) is 31.2 Å². The summed E-state index contributed by atoms with van der Waals surface area (Å²) in [5.41, 5.74) is 3.43. The molecule has 1 aromatic rings. The molecule has 0 heterocycles. The second-order valence-corrected chi connectivity index (χ2v) is 4.24. The molecule has 0 aliphatic carbocycles. The summed E-state index contributed by atoms with van der Waals surface area (Å²) in [6.07, 6.45) is 4.21. The van der Waals surface area contributed by atoms with E-state index in [2.05, 4.69) is 12.3 Å². The molecular weight excluding hydrogens is 227 g/mol. The van der Waals surface area contributed by atoms with Crippen molar-refractivity contribution in [3.05, 3.63) is 34.6 Å². The quantitative estimate of drug-likeness (QED) is 0.456. The van der Waals surface area contributed by atoms with Crippen molar-refractivity contribution in [3.63, 3.8) is 0 Å².